The Kier molecular flexibility index (Phi) is 9.06. The number of rotatable bonds is 12. The average Bonchev–Trinajstić information content (AvgIpc) is 3.53. The number of amides is 1. The van der Waals surface area contributed by atoms with E-state index in [-0.39, 0.29) is 42.6 Å². The van der Waals surface area contributed by atoms with Crippen LogP contribution in [0.3, 0.4) is 0 Å². The summed E-state index contributed by atoms with van der Waals surface area (Å²) in [5.74, 6) is -0.374. The Hall–Kier alpha value is -3.86. The van der Waals surface area contributed by atoms with Gasteiger partial charge >= 0.3 is 11.9 Å². The summed E-state index contributed by atoms with van der Waals surface area (Å²) < 4.78 is 0. The summed E-state index contributed by atoms with van der Waals surface area (Å²) in [5, 5.41) is 37.7. The second-order valence-electron chi connectivity index (χ2n) is 12.2. The molecule has 44 heavy (non-hydrogen) atoms. The molecule has 1 saturated heterocycles. The average molecular weight is 624 g/mol. The fraction of sp³-hybridized carbons (Fsp3) is 0.485. The normalized spacial score (nSPS) is 24.0. The van der Waals surface area contributed by atoms with E-state index in [1.807, 2.05) is 39.8 Å². The molecule has 236 valence electrons. The van der Waals surface area contributed by atoms with Gasteiger partial charge in [-0.2, -0.15) is 0 Å². The molecule has 5 rings (SSSR count). The molecule has 5 heterocycles. The number of nitrogens with one attached hydrogen (secondary N) is 4. The summed E-state index contributed by atoms with van der Waals surface area (Å²) >= 11 is 1.33. The number of carbonyl (C=O) groups excluding carboxylic acids is 1. The Morgan fingerprint density at radius 1 is 0.977 bits per heavy atom. The van der Waals surface area contributed by atoms with Crippen LogP contribution in [0.25, 0.3) is 12.2 Å². The molecular formula is C33H43N4O6S+. The van der Waals surface area contributed by atoms with E-state index in [4.69, 9.17) is 0 Å². The molecule has 4 atom stereocenters. The maximum Gasteiger partial charge on any atom is 0.303 e. The van der Waals surface area contributed by atoms with Crippen LogP contribution in [0.2, 0.25) is 0 Å². The summed E-state index contributed by atoms with van der Waals surface area (Å²) in [6.45, 7) is 9.96. The third-order valence-electron chi connectivity index (χ3n) is 9.47. The monoisotopic (exact) mass is 623 g/mol. The van der Waals surface area contributed by atoms with Crippen LogP contribution < -0.4 is 21.3 Å². The van der Waals surface area contributed by atoms with Crippen LogP contribution >= 0.6 is 0 Å². The topological polar surface area (TPSA) is 168 Å². The minimum atomic E-state index is -0.889. The Balaban J connectivity index is 1.58. The molecule has 0 spiro atoms. The van der Waals surface area contributed by atoms with Gasteiger partial charge < -0.3 is 35.9 Å². The molecular weight excluding hydrogens is 580 g/mol. The lowest BCUT2D eigenvalue weighted by Gasteiger charge is -2.17. The quantitative estimate of drug-likeness (QED) is 0.108. The molecule has 3 aliphatic heterocycles. The summed E-state index contributed by atoms with van der Waals surface area (Å²) in [7, 11) is 0. The molecule has 1 unspecified atom stereocenters. The summed E-state index contributed by atoms with van der Waals surface area (Å²) in [5.41, 5.74) is 8.35. The first-order valence-corrected chi connectivity index (χ1v) is 16.5. The van der Waals surface area contributed by atoms with Gasteiger partial charge in [0, 0.05) is 64.5 Å². The molecule has 10 nitrogen and oxygen atoms in total. The smallest absolute Gasteiger partial charge is 0.303 e. The largest absolute Gasteiger partial charge is 0.495 e. The van der Waals surface area contributed by atoms with Crippen LogP contribution in [0.1, 0.15) is 73.7 Å². The number of carboxylic acid groups (broad SMARTS) is 2. The highest BCUT2D eigenvalue weighted by Crippen LogP contribution is 2.32. The van der Waals surface area contributed by atoms with E-state index in [0.29, 0.717) is 24.5 Å². The number of carbonyl (C=O) groups is 3. The van der Waals surface area contributed by atoms with Gasteiger partial charge in [-0.15, -0.1) is 0 Å². The van der Waals surface area contributed by atoms with E-state index < -0.39 is 11.9 Å². The van der Waals surface area contributed by atoms with Crippen molar-refractivity contribution in [2.75, 3.05) is 5.75 Å². The van der Waals surface area contributed by atoms with E-state index in [1.54, 1.807) is 0 Å². The van der Waals surface area contributed by atoms with Crippen molar-refractivity contribution in [3.8, 4) is 0 Å². The minimum absolute atomic E-state index is 0.000667. The Morgan fingerprint density at radius 3 is 2.23 bits per heavy atom. The third-order valence-corrected chi connectivity index (χ3v) is 10.5. The standard InChI is InChI=1S/C33H42N4O6S/c1-6-19-15(2)24(36-33(19)43)11-22-16(3)20(7-9-29(38)39)25(34-22)13-26-21(8-10-30(40)41)17(4)23(35-26)12-27-31(28-14-44-28)18(5)32(42)37-27/h12-13,15,24,27-28,34-36,43H,6-11,14H2,1-5H3,(H,37,42)(H,38,39)(H,40,41)/p+1/b23-12+,26-13+/t15?,24-,27+,28-/m1/s1. The maximum absolute atomic E-state index is 12.5. The van der Waals surface area contributed by atoms with Gasteiger partial charge in [0.1, 0.15) is 0 Å². The van der Waals surface area contributed by atoms with E-state index in [2.05, 4.69) is 27.5 Å². The maximum atomic E-state index is 12.5. The molecule has 3 aliphatic rings. The van der Waals surface area contributed by atoms with Crippen molar-refractivity contribution in [1.29, 1.82) is 0 Å². The number of aliphatic hydroxyl groups is 1. The number of carboxylic acids is 2. The van der Waals surface area contributed by atoms with E-state index in [1.165, 1.54) is 11.8 Å². The second kappa shape index (κ2) is 12.6. The van der Waals surface area contributed by atoms with Crippen molar-refractivity contribution in [2.45, 2.75) is 90.5 Å². The molecule has 0 radical (unpaired) electrons. The highest BCUT2D eigenvalue weighted by Gasteiger charge is 2.46. The van der Waals surface area contributed by atoms with Crippen molar-refractivity contribution >= 4 is 41.8 Å². The molecule has 0 aromatic carbocycles. The van der Waals surface area contributed by atoms with Crippen LogP contribution in [0.4, 0.5) is 0 Å². The van der Waals surface area contributed by atoms with Crippen molar-refractivity contribution in [3.63, 3.8) is 0 Å². The molecule has 1 amide bonds. The van der Waals surface area contributed by atoms with Crippen LogP contribution in [0.5, 0.6) is 0 Å². The van der Waals surface area contributed by atoms with E-state index in [9.17, 15) is 29.7 Å². The molecule has 0 aliphatic carbocycles. The number of aromatic nitrogens is 2. The summed E-state index contributed by atoms with van der Waals surface area (Å²) in [4.78, 5) is 42.7. The predicted octanol–water partition coefficient (Wildman–Crippen LogP) is 1.95. The van der Waals surface area contributed by atoms with Crippen molar-refractivity contribution < 1.29 is 29.7 Å². The minimum Gasteiger partial charge on any atom is -0.495 e. The van der Waals surface area contributed by atoms with E-state index in [0.717, 1.165) is 73.2 Å². The van der Waals surface area contributed by atoms with Gasteiger partial charge in [-0.25, -0.2) is 0 Å². The van der Waals surface area contributed by atoms with Crippen molar-refractivity contribution in [3.05, 3.63) is 66.9 Å². The lowest BCUT2D eigenvalue weighted by molar-refractivity contribution is -0.138. The fourth-order valence-corrected chi connectivity index (χ4v) is 7.60. The highest BCUT2D eigenvalue weighted by atomic mass is 32.2. The molecule has 0 bridgehead atoms. The van der Waals surface area contributed by atoms with Gasteiger partial charge in [0.05, 0.1) is 6.04 Å². The molecule has 7 N–H and O–H groups in total. The fourth-order valence-electron chi connectivity index (χ4n) is 6.75. The summed E-state index contributed by atoms with van der Waals surface area (Å²) in [6.07, 6.45) is 5.98. The van der Waals surface area contributed by atoms with Crippen molar-refractivity contribution in [2.24, 2.45) is 5.92 Å². The van der Waals surface area contributed by atoms with E-state index >= 15 is 0 Å². The number of aromatic amines is 2. The molecule has 0 saturated carbocycles. The Labute approximate surface area is 260 Å². The van der Waals surface area contributed by atoms with Gasteiger partial charge in [-0.1, -0.05) is 13.8 Å². The van der Waals surface area contributed by atoms with Crippen LogP contribution in [-0.2, 0) is 45.4 Å². The van der Waals surface area contributed by atoms with Crippen LogP contribution in [0, 0.1) is 19.8 Å². The molecule has 11 heteroatoms. The Bertz CT molecular complexity index is 1690. The number of thiol groups is 1. The first-order valence-electron chi connectivity index (χ1n) is 15.3. The zero-order chi connectivity index (χ0) is 31.9. The highest BCUT2D eigenvalue weighted by molar-refractivity contribution is 7.87. The Morgan fingerprint density at radius 2 is 1.64 bits per heavy atom. The molecule has 2 aromatic rings. The van der Waals surface area contributed by atoms with Gasteiger partial charge in [0.2, 0.25) is 5.91 Å². The molecule has 1 fully saturated rings. The van der Waals surface area contributed by atoms with Gasteiger partial charge in [-0.05, 0) is 91.8 Å². The third kappa shape index (κ3) is 6.33. The molecule has 2 aromatic heterocycles. The van der Waals surface area contributed by atoms with Gasteiger partial charge in [0.25, 0.3) is 0 Å². The van der Waals surface area contributed by atoms with Crippen molar-refractivity contribution in [1.82, 2.24) is 20.6 Å². The lowest BCUT2D eigenvalue weighted by atomic mass is 9.91. The van der Waals surface area contributed by atoms with Crippen LogP contribution in [-0.4, -0.2) is 66.2 Å². The van der Waals surface area contributed by atoms with Gasteiger partial charge in [-0.3, -0.25) is 14.4 Å². The zero-order valence-corrected chi connectivity index (χ0v) is 26.8. The zero-order valence-electron chi connectivity index (χ0n) is 25.9. The van der Waals surface area contributed by atoms with Crippen LogP contribution in [0.15, 0.2) is 22.6 Å². The number of H-pyrrole nitrogens is 2. The number of hydrogen-bond acceptors (Lipinski definition) is 5. The summed E-state index contributed by atoms with van der Waals surface area (Å²) in [6, 6.07) is -0.217. The SMILES string of the molecule is CCC1=C(O)N[C@H](Cc2[nH]c(/C=c3/[nH]/c(=C/[C@@H]4NC(=O)C(C)=C4[C@H]4C[SH+]4)c(C)c3CCC(=O)O)c(CCC(=O)O)c2C)C1C. The number of aliphatic carboxylic acids is 2. The second-order valence-corrected chi connectivity index (χ2v) is 13.5. The lowest BCUT2D eigenvalue weighted by Crippen LogP contribution is -2.30. The predicted molar refractivity (Wildman–Crippen MR) is 172 cm³/mol. The first-order chi connectivity index (χ1) is 20.9. The number of hydrogen-bond donors (Lipinski definition) is 7. The first kappa shape index (κ1) is 31.6. The van der Waals surface area contributed by atoms with Gasteiger partial charge in [0.15, 0.2) is 16.9 Å². The number of aliphatic hydroxyl groups excluding tert-OH is 1.